The number of carbonyl (C=O) groups is 1. The van der Waals surface area contributed by atoms with Gasteiger partial charge in [-0.15, -0.1) is 0 Å². The van der Waals surface area contributed by atoms with Crippen LogP contribution in [0, 0.1) is 0 Å². The van der Waals surface area contributed by atoms with Crippen LogP contribution >= 0.6 is 23.2 Å². The fourth-order valence-corrected chi connectivity index (χ4v) is 8.47. The molecule has 6 nitrogen and oxygen atoms in total. The van der Waals surface area contributed by atoms with E-state index in [1.165, 1.54) is 39.0 Å². The number of nitrogens with zero attached hydrogens (tertiary/aromatic N) is 4. The Morgan fingerprint density at radius 3 is 1.69 bits per heavy atom. The van der Waals surface area contributed by atoms with E-state index in [0.29, 0.717) is 13.1 Å². The second-order valence-electron chi connectivity index (χ2n) is 14.9. The lowest BCUT2D eigenvalue weighted by molar-refractivity contribution is -0.136. The lowest BCUT2D eigenvalue weighted by Crippen LogP contribution is -2.46. The summed E-state index contributed by atoms with van der Waals surface area (Å²) in [6.45, 7) is 7.43. The van der Waals surface area contributed by atoms with Crippen LogP contribution in [0.5, 0.6) is 0 Å². The van der Waals surface area contributed by atoms with Gasteiger partial charge >= 0.3 is 0 Å². The van der Waals surface area contributed by atoms with Gasteiger partial charge in [0.1, 0.15) is 0 Å². The number of aromatic nitrogens is 3. The van der Waals surface area contributed by atoms with E-state index in [1.807, 2.05) is 79.7 Å². The van der Waals surface area contributed by atoms with E-state index in [-0.39, 0.29) is 5.91 Å². The average molecular weight is 765 g/mol. The van der Waals surface area contributed by atoms with Crippen LogP contribution in [0.4, 0.5) is 0 Å². The summed E-state index contributed by atoms with van der Waals surface area (Å²) in [7, 11) is 0. The van der Waals surface area contributed by atoms with Gasteiger partial charge in [0.2, 0.25) is 5.91 Å². The van der Waals surface area contributed by atoms with Crippen LogP contribution in [0.25, 0.3) is 35.5 Å². The molecule has 5 aromatic rings. The third kappa shape index (κ3) is 7.59. The minimum absolute atomic E-state index is 0.146. The van der Waals surface area contributed by atoms with Gasteiger partial charge in [-0.25, -0.2) is 0 Å². The first-order chi connectivity index (χ1) is 26.8. The predicted molar refractivity (Wildman–Crippen MR) is 226 cm³/mol. The maximum atomic E-state index is 13.4. The number of hydrogen-bond acceptors (Lipinski definition) is 5. The molecule has 0 atom stereocenters. The predicted octanol–water partition coefficient (Wildman–Crippen LogP) is 10.4. The van der Waals surface area contributed by atoms with E-state index >= 15 is 0 Å². The van der Waals surface area contributed by atoms with Crippen molar-refractivity contribution in [2.24, 2.45) is 0 Å². The van der Waals surface area contributed by atoms with Crippen molar-refractivity contribution < 1.29 is 4.79 Å². The normalized spacial score (nSPS) is 16.2. The largest absolute Gasteiger partial charge is 0.341 e. The van der Waals surface area contributed by atoms with E-state index in [9.17, 15) is 4.79 Å². The molecule has 1 N–H and O–H groups in total. The summed E-state index contributed by atoms with van der Waals surface area (Å²) in [6.07, 6.45) is 19.6. The molecule has 0 unspecified atom stereocenters. The fourth-order valence-electron chi connectivity index (χ4n) is 8.11. The van der Waals surface area contributed by atoms with Gasteiger partial charge in [-0.3, -0.25) is 19.7 Å². The Labute approximate surface area is 333 Å². The zero-order valence-electron chi connectivity index (χ0n) is 31.2. The Morgan fingerprint density at radius 2 is 1.16 bits per heavy atom. The molecule has 55 heavy (non-hydrogen) atoms. The molecule has 2 aliphatic heterocycles. The maximum Gasteiger partial charge on any atom is 0.232 e. The van der Waals surface area contributed by atoms with Gasteiger partial charge in [0.15, 0.2) is 0 Å². The number of amides is 1. The third-order valence-electron chi connectivity index (χ3n) is 11.1. The molecule has 3 aromatic heterocycles. The van der Waals surface area contributed by atoms with Crippen LogP contribution in [-0.4, -0.2) is 51.9 Å². The standard InChI is InChI=1S/C28H26ClN3O.C19H17ClN2/c1-28(2,22-6-4-13-30-18-22)27(33)32-15-11-19(12-16-32)25-24-10-9-23(29)17-21(24)8-7-20-5-3-14-31-26(20)25;20-16-5-6-17-15(12-16)4-3-14-2-1-9-22-19(14)18(17)13-7-10-21-11-8-13/h3-10,13-14,17-18H,11-12,15-16H2,1-2H3;1-6,9,12,21H,7-8,10-11H2. The average Bonchev–Trinajstić information content (AvgIpc) is 3.49. The lowest BCUT2D eigenvalue weighted by atomic mass is 9.83. The van der Waals surface area contributed by atoms with Crippen molar-refractivity contribution in [3.05, 3.63) is 169 Å². The number of fused-ring (bicyclic) bond motifs is 4. The Kier molecular flexibility index (Phi) is 10.7. The number of carbonyl (C=O) groups excluding carboxylic acids is 1. The lowest BCUT2D eigenvalue weighted by Gasteiger charge is -2.36. The van der Waals surface area contributed by atoms with Crippen LogP contribution in [0.15, 0.2) is 109 Å². The Hall–Kier alpha value is -5.14. The highest BCUT2D eigenvalue weighted by molar-refractivity contribution is 6.31. The van der Waals surface area contributed by atoms with E-state index in [0.717, 1.165) is 82.5 Å². The number of piperidine rings is 2. The van der Waals surface area contributed by atoms with E-state index in [4.69, 9.17) is 33.2 Å². The highest BCUT2D eigenvalue weighted by Crippen LogP contribution is 2.40. The molecule has 2 fully saturated rings. The molecule has 0 radical (unpaired) electrons. The summed E-state index contributed by atoms with van der Waals surface area (Å²) >= 11 is 12.5. The second kappa shape index (κ2) is 15.9. The smallest absolute Gasteiger partial charge is 0.232 e. The van der Waals surface area contributed by atoms with Crippen LogP contribution < -0.4 is 5.32 Å². The topological polar surface area (TPSA) is 71.0 Å². The second-order valence-corrected chi connectivity index (χ2v) is 15.8. The molecule has 0 saturated carbocycles. The van der Waals surface area contributed by atoms with E-state index in [2.05, 4.69) is 58.9 Å². The molecule has 5 heterocycles. The number of hydrogen-bond donors (Lipinski definition) is 1. The summed E-state index contributed by atoms with van der Waals surface area (Å²) in [5.74, 6) is 0.146. The number of likely N-dealkylation sites (tertiary alicyclic amines) is 1. The first-order valence-electron chi connectivity index (χ1n) is 19.0. The third-order valence-corrected chi connectivity index (χ3v) is 11.6. The summed E-state index contributed by atoms with van der Waals surface area (Å²) in [4.78, 5) is 29.1. The maximum absolute atomic E-state index is 13.4. The summed E-state index contributed by atoms with van der Waals surface area (Å²) in [5.41, 5.74) is 14.7. The molecule has 9 rings (SSSR count). The first kappa shape index (κ1) is 36.8. The minimum Gasteiger partial charge on any atom is -0.341 e. The molecular formula is C47H43Cl2N5O. The van der Waals surface area contributed by atoms with E-state index < -0.39 is 5.41 Å². The van der Waals surface area contributed by atoms with Crippen molar-refractivity contribution in [2.45, 2.75) is 44.9 Å². The highest BCUT2D eigenvalue weighted by Gasteiger charge is 2.35. The fraction of sp³-hybridized carbons (Fsp3) is 0.234. The van der Waals surface area contributed by atoms with Gasteiger partial charge in [0.25, 0.3) is 0 Å². The van der Waals surface area contributed by atoms with Crippen molar-refractivity contribution in [1.29, 1.82) is 0 Å². The number of rotatable bonds is 2. The number of benzene rings is 2. The molecule has 2 aromatic carbocycles. The minimum atomic E-state index is -0.608. The Balaban J connectivity index is 0.000000168. The van der Waals surface area contributed by atoms with Gasteiger partial charge in [-0.05, 0) is 123 Å². The van der Waals surface area contributed by atoms with Gasteiger partial charge in [0, 0.05) is 70.2 Å². The monoisotopic (exact) mass is 763 g/mol. The van der Waals surface area contributed by atoms with Crippen LogP contribution in [0.1, 0.15) is 89.9 Å². The van der Waals surface area contributed by atoms with Gasteiger partial charge in [-0.2, -0.15) is 0 Å². The van der Waals surface area contributed by atoms with Crippen LogP contribution in [0.3, 0.4) is 0 Å². The van der Waals surface area contributed by atoms with Crippen LogP contribution in [0.2, 0.25) is 10.0 Å². The summed E-state index contributed by atoms with van der Waals surface area (Å²) < 4.78 is 0. The highest BCUT2D eigenvalue weighted by atomic mass is 35.5. The number of nitrogens with one attached hydrogen (secondary N) is 1. The van der Waals surface area contributed by atoms with Gasteiger partial charge in [0.05, 0.1) is 16.8 Å². The molecule has 8 heteroatoms. The molecule has 276 valence electrons. The van der Waals surface area contributed by atoms with Gasteiger partial charge in [-0.1, -0.05) is 89.0 Å². The van der Waals surface area contributed by atoms with Crippen molar-refractivity contribution in [3.8, 4) is 0 Å². The summed E-state index contributed by atoms with van der Waals surface area (Å²) in [5, 5.41) is 4.93. The van der Waals surface area contributed by atoms with E-state index in [1.54, 1.807) is 12.4 Å². The van der Waals surface area contributed by atoms with Crippen molar-refractivity contribution in [1.82, 2.24) is 25.2 Å². The molecule has 0 bridgehead atoms. The zero-order chi connectivity index (χ0) is 37.9. The number of pyridine rings is 3. The van der Waals surface area contributed by atoms with Crippen molar-refractivity contribution in [3.63, 3.8) is 0 Å². The molecule has 4 aliphatic rings. The quantitative estimate of drug-likeness (QED) is 0.190. The summed E-state index contributed by atoms with van der Waals surface area (Å²) in [6, 6.07) is 24.3. The molecule has 2 aliphatic carbocycles. The Bertz CT molecular complexity index is 2380. The molecule has 1 amide bonds. The molecule has 0 spiro atoms. The molecule has 2 saturated heterocycles. The zero-order valence-corrected chi connectivity index (χ0v) is 32.7. The SMILES string of the molecule is CC(C)(C(=O)N1CCC(=C2c3ccc(Cl)cc3C=Cc3cccnc32)CC1)c1cccnc1.Clc1ccc2c(c1)C=Cc1cccnc1C2=C1CCNCC1. The van der Waals surface area contributed by atoms with Crippen molar-refractivity contribution >= 4 is 64.6 Å². The van der Waals surface area contributed by atoms with Crippen LogP contribution in [-0.2, 0) is 10.2 Å². The Morgan fingerprint density at radius 1 is 0.655 bits per heavy atom. The first-order valence-corrected chi connectivity index (χ1v) is 19.7. The number of halogens is 2. The van der Waals surface area contributed by atoms with Gasteiger partial charge < -0.3 is 10.2 Å². The molecular weight excluding hydrogens is 721 g/mol. The van der Waals surface area contributed by atoms with Crippen molar-refractivity contribution in [2.75, 3.05) is 26.2 Å².